The predicted molar refractivity (Wildman–Crippen MR) is 103 cm³/mol. The van der Waals surface area contributed by atoms with E-state index in [4.69, 9.17) is 4.74 Å². The van der Waals surface area contributed by atoms with Crippen molar-refractivity contribution in [2.75, 3.05) is 25.1 Å². The summed E-state index contributed by atoms with van der Waals surface area (Å²) in [6.07, 6.45) is 7.69. The number of aromatic nitrogens is 2. The van der Waals surface area contributed by atoms with Gasteiger partial charge in [-0.25, -0.2) is 4.98 Å². The van der Waals surface area contributed by atoms with Crippen LogP contribution in [0.25, 0.3) is 0 Å². The number of carbonyl (C=O) groups excluding carboxylic acids is 2. The van der Waals surface area contributed by atoms with Gasteiger partial charge in [0.2, 0.25) is 5.91 Å². The maximum Gasteiger partial charge on any atom is 0.251 e. The van der Waals surface area contributed by atoms with Gasteiger partial charge in [0.15, 0.2) is 0 Å². The minimum absolute atomic E-state index is 0.000657. The van der Waals surface area contributed by atoms with Crippen LogP contribution < -0.4 is 10.6 Å². The first kappa shape index (κ1) is 19.1. The molecule has 1 aliphatic rings. The summed E-state index contributed by atoms with van der Waals surface area (Å²) in [6, 6.07) is 5.39. The summed E-state index contributed by atoms with van der Waals surface area (Å²) >= 11 is 0. The lowest BCUT2D eigenvalue weighted by Gasteiger charge is -2.21. The SMILES string of the molecule is Cc1ccc(C(=O)NCCCn2ccnc2)cc1NC(=O)C1CCOCC1. The van der Waals surface area contributed by atoms with Crippen LogP contribution in [0, 0.1) is 12.8 Å². The second kappa shape index (κ2) is 9.32. The van der Waals surface area contributed by atoms with Crippen molar-refractivity contribution < 1.29 is 14.3 Å². The Labute approximate surface area is 159 Å². The van der Waals surface area contributed by atoms with Crippen molar-refractivity contribution in [2.24, 2.45) is 5.92 Å². The van der Waals surface area contributed by atoms with Crippen molar-refractivity contribution >= 4 is 17.5 Å². The van der Waals surface area contributed by atoms with Gasteiger partial charge in [-0.15, -0.1) is 0 Å². The Bertz CT molecular complexity index is 768. The number of amides is 2. The van der Waals surface area contributed by atoms with Crippen LogP contribution >= 0.6 is 0 Å². The lowest BCUT2D eigenvalue weighted by atomic mass is 9.99. The number of aryl methyl sites for hydroxylation is 2. The minimum atomic E-state index is -0.137. The maximum absolute atomic E-state index is 12.4. The molecular weight excluding hydrogens is 344 g/mol. The molecule has 0 atom stereocenters. The Balaban J connectivity index is 1.53. The average Bonchev–Trinajstić information content (AvgIpc) is 3.21. The normalized spacial score (nSPS) is 14.7. The summed E-state index contributed by atoms with van der Waals surface area (Å²) in [7, 11) is 0. The fourth-order valence-electron chi connectivity index (χ4n) is 3.08. The van der Waals surface area contributed by atoms with Crippen molar-refractivity contribution in [3.63, 3.8) is 0 Å². The van der Waals surface area contributed by atoms with Crippen molar-refractivity contribution in [2.45, 2.75) is 32.7 Å². The van der Waals surface area contributed by atoms with E-state index in [1.54, 1.807) is 24.7 Å². The van der Waals surface area contributed by atoms with E-state index < -0.39 is 0 Å². The van der Waals surface area contributed by atoms with Gasteiger partial charge in [0.05, 0.1) is 6.33 Å². The molecule has 1 fully saturated rings. The highest BCUT2D eigenvalue weighted by molar-refractivity contribution is 5.98. The Kier molecular flexibility index (Phi) is 6.59. The summed E-state index contributed by atoms with van der Waals surface area (Å²) in [5.41, 5.74) is 2.18. The molecule has 7 nitrogen and oxygen atoms in total. The number of anilines is 1. The van der Waals surface area contributed by atoms with Crippen LogP contribution in [0.4, 0.5) is 5.69 Å². The molecule has 2 amide bonds. The van der Waals surface area contributed by atoms with Crippen LogP contribution in [0.15, 0.2) is 36.9 Å². The van der Waals surface area contributed by atoms with Crippen LogP contribution in [-0.4, -0.2) is 41.1 Å². The molecule has 1 aromatic heterocycles. The van der Waals surface area contributed by atoms with E-state index in [9.17, 15) is 9.59 Å². The van der Waals surface area contributed by atoms with Gasteiger partial charge < -0.3 is 19.9 Å². The van der Waals surface area contributed by atoms with Gasteiger partial charge in [0.25, 0.3) is 5.91 Å². The Morgan fingerprint density at radius 3 is 2.85 bits per heavy atom. The standard InChI is InChI=1S/C20H26N4O3/c1-15-3-4-17(19(25)22-7-2-9-24-10-8-21-14-24)13-18(15)23-20(26)16-5-11-27-12-6-16/h3-4,8,10,13-14,16H,2,5-7,9,11-12H2,1H3,(H,22,25)(H,23,26). The molecule has 1 aliphatic heterocycles. The molecule has 3 rings (SSSR count). The maximum atomic E-state index is 12.4. The number of carbonyl (C=O) groups is 2. The van der Waals surface area contributed by atoms with Gasteiger partial charge in [0.1, 0.15) is 0 Å². The van der Waals surface area contributed by atoms with Crippen LogP contribution in [-0.2, 0) is 16.1 Å². The molecule has 2 aromatic rings. The van der Waals surface area contributed by atoms with E-state index in [0.717, 1.165) is 31.4 Å². The molecule has 0 unspecified atom stereocenters. The molecule has 27 heavy (non-hydrogen) atoms. The van der Waals surface area contributed by atoms with E-state index >= 15 is 0 Å². The fraction of sp³-hybridized carbons (Fsp3) is 0.450. The van der Waals surface area contributed by atoms with Gasteiger partial charge >= 0.3 is 0 Å². The quantitative estimate of drug-likeness (QED) is 0.733. The van der Waals surface area contributed by atoms with Crippen LogP contribution in [0.3, 0.4) is 0 Å². The summed E-state index contributed by atoms with van der Waals surface area (Å²) in [6.45, 7) is 4.55. The zero-order valence-corrected chi connectivity index (χ0v) is 15.6. The number of nitrogens with zero attached hydrogens (tertiary/aromatic N) is 2. The molecule has 7 heteroatoms. The van der Waals surface area contributed by atoms with Crippen LogP contribution in [0.5, 0.6) is 0 Å². The third-order valence-corrected chi connectivity index (χ3v) is 4.79. The van der Waals surface area contributed by atoms with Gasteiger partial charge in [0, 0.05) is 55.9 Å². The van der Waals surface area contributed by atoms with E-state index in [0.29, 0.717) is 31.0 Å². The molecule has 144 valence electrons. The summed E-state index contributed by atoms with van der Waals surface area (Å²) in [5.74, 6) is -0.166. The molecule has 1 aromatic carbocycles. The van der Waals surface area contributed by atoms with Gasteiger partial charge in [-0.05, 0) is 43.9 Å². The third-order valence-electron chi connectivity index (χ3n) is 4.79. The Morgan fingerprint density at radius 1 is 1.30 bits per heavy atom. The van der Waals surface area contributed by atoms with Gasteiger partial charge in [-0.1, -0.05) is 6.07 Å². The monoisotopic (exact) mass is 370 g/mol. The van der Waals surface area contributed by atoms with Gasteiger partial charge in [-0.3, -0.25) is 9.59 Å². The molecule has 0 saturated carbocycles. The number of benzene rings is 1. The highest BCUT2D eigenvalue weighted by Gasteiger charge is 2.22. The lowest BCUT2D eigenvalue weighted by molar-refractivity contribution is -0.122. The molecule has 1 saturated heterocycles. The molecule has 0 bridgehead atoms. The van der Waals surface area contributed by atoms with E-state index in [-0.39, 0.29) is 17.7 Å². The first-order valence-electron chi connectivity index (χ1n) is 9.36. The zero-order chi connectivity index (χ0) is 19.1. The van der Waals surface area contributed by atoms with Crippen molar-refractivity contribution in [1.29, 1.82) is 0 Å². The predicted octanol–water partition coefficient (Wildman–Crippen LogP) is 2.38. The fourth-order valence-corrected chi connectivity index (χ4v) is 3.08. The number of hydrogen-bond acceptors (Lipinski definition) is 4. The number of hydrogen-bond donors (Lipinski definition) is 2. The lowest BCUT2D eigenvalue weighted by Crippen LogP contribution is -2.29. The molecular formula is C20H26N4O3. The third kappa shape index (κ3) is 5.40. The summed E-state index contributed by atoms with van der Waals surface area (Å²) in [4.78, 5) is 28.8. The number of imidazole rings is 1. The first-order valence-corrected chi connectivity index (χ1v) is 9.36. The van der Waals surface area contributed by atoms with Crippen LogP contribution in [0.1, 0.15) is 35.2 Å². The second-order valence-corrected chi connectivity index (χ2v) is 6.82. The first-order chi connectivity index (χ1) is 13.1. The van der Waals surface area contributed by atoms with Crippen molar-refractivity contribution in [3.8, 4) is 0 Å². The number of ether oxygens (including phenoxy) is 1. The molecule has 2 N–H and O–H groups in total. The summed E-state index contributed by atoms with van der Waals surface area (Å²) in [5, 5.41) is 5.90. The topological polar surface area (TPSA) is 85.3 Å². The Morgan fingerprint density at radius 2 is 2.11 bits per heavy atom. The van der Waals surface area contributed by atoms with Crippen molar-refractivity contribution in [3.05, 3.63) is 48.0 Å². The number of rotatable bonds is 7. The second-order valence-electron chi connectivity index (χ2n) is 6.82. The zero-order valence-electron chi connectivity index (χ0n) is 15.6. The molecule has 2 heterocycles. The van der Waals surface area contributed by atoms with E-state index in [1.165, 1.54) is 0 Å². The number of nitrogens with one attached hydrogen (secondary N) is 2. The van der Waals surface area contributed by atoms with E-state index in [1.807, 2.05) is 23.8 Å². The molecule has 0 radical (unpaired) electrons. The smallest absolute Gasteiger partial charge is 0.251 e. The molecule has 0 spiro atoms. The Hall–Kier alpha value is -2.67. The summed E-state index contributed by atoms with van der Waals surface area (Å²) < 4.78 is 7.28. The highest BCUT2D eigenvalue weighted by atomic mass is 16.5. The van der Waals surface area contributed by atoms with Crippen LogP contribution in [0.2, 0.25) is 0 Å². The highest BCUT2D eigenvalue weighted by Crippen LogP contribution is 2.21. The minimum Gasteiger partial charge on any atom is -0.381 e. The average molecular weight is 370 g/mol. The van der Waals surface area contributed by atoms with Gasteiger partial charge in [-0.2, -0.15) is 0 Å². The van der Waals surface area contributed by atoms with Crippen molar-refractivity contribution in [1.82, 2.24) is 14.9 Å². The molecule has 0 aliphatic carbocycles. The van der Waals surface area contributed by atoms with E-state index in [2.05, 4.69) is 15.6 Å². The largest absolute Gasteiger partial charge is 0.381 e.